The number of hydrogen-bond donors (Lipinski definition) is 0. The van der Waals surface area contributed by atoms with Gasteiger partial charge in [-0.3, -0.25) is 0 Å². The topological polar surface area (TPSA) is 26.8 Å². The molecule has 1 aliphatic rings. The highest BCUT2D eigenvalue weighted by Gasteiger charge is 2.20. The molecule has 0 atom stereocenters. The number of likely N-dealkylation sites (N-methyl/N-ethyl adjacent to an activating group) is 1. The zero-order valence-electron chi connectivity index (χ0n) is 8.49. The second-order valence-corrected chi connectivity index (χ2v) is 3.49. The Morgan fingerprint density at radius 2 is 1.92 bits per heavy atom. The number of piperazine rings is 1. The largest absolute Gasteiger partial charge is 0.328 e. The van der Waals surface area contributed by atoms with Crippen molar-refractivity contribution in [2.45, 2.75) is 0 Å². The van der Waals surface area contributed by atoms with E-state index in [0.717, 1.165) is 26.2 Å². The van der Waals surface area contributed by atoms with Crippen LogP contribution in [0.3, 0.4) is 0 Å². The number of amides is 2. The van der Waals surface area contributed by atoms with Gasteiger partial charge in [-0.1, -0.05) is 0 Å². The summed E-state index contributed by atoms with van der Waals surface area (Å²) in [6.45, 7) is 7.82. The van der Waals surface area contributed by atoms with Crippen LogP contribution in [-0.4, -0.2) is 67.5 Å². The fourth-order valence-corrected chi connectivity index (χ4v) is 1.33. The number of urea groups is 1. The molecule has 1 saturated heterocycles. The molecule has 13 heavy (non-hydrogen) atoms. The van der Waals surface area contributed by atoms with Crippen LogP contribution in [0.4, 0.5) is 4.79 Å². The highest BCUT2D eigenvalue weighted by atomic mass is 16.2. The van der Waals surface area contributed by atoms with Crippen LogP contribution in [0, 0.1) is 6.92 Å². The molecule has 1 heterocycles. The zero-order chi connectivity index (χ0) is 9.84. The smallest absolute Gasteiger partial charge is 0.319 e. The molecule has 0 saturated carbocycles. The van der Waals surface area contributed by atoms with E-state index >= 15 is 0 Å². The number of rotatable bonds is 1. The van der Waals surface area contributed by atoms with Gasteiger partial charge >= 0.3 is 6.03 Å². The summed E-state index contributed by atoms with van der Waals surface area (Å²) in [6, 6.07) is 0.100. The number of carbonyl (C=O) groups is 1. The van der Waals surface area contributed by atoms with Crippen LogP contribution in [0.15, 0.2) is 0 Å². The number of hydrogen-bond acceptors (Lipinski definition) is 2. The normalized spacial score (nSPS) is 18.8. The Hall–Kier alpha value is -0.770. The molecule has 1 fully saturated rings. The summed E-state index contributed by atoms with van der Waals surface area (Å²) < 4.78 is 0. The molecule has 4 heteroatoms. The Kier molecular flexibility index (Phi) is 3.54. The minimum absolute atomic E-state index is 0.100. The fraction of sp³-hybridized carbons (Fsp3) is 0.778. The van der Waals surface area contributed by atoms with Crippen molar-refractivity contribution >= 4 is 6.03 Å². The van der Waals surface area contributed by atoms with E-state index in [1.807, 2.05) is 4.90 Å². The van der Waals surface area contributed by atoms with Crippen LogP contribution >= 0.6 is 0 Å². The van der Waals surface area contributed by atoms with Crippen molar-refractivity contribution in [3.05, 3.63) is 6.92 Å². The average molecular weight is 184 g/mol. The summed E-state index contributed by atoms with van der Waals surface area (Å²) in [7, 11) is 3.86. The van der Waals surface area contributed by atoms with Crippen molar-refractivity contribution in [3.8, 4) is 0 Å². The van der Waals surface area contributed by atoms with Crippen LogP contribution in [0.2, 0.25) is 0 Å². The third-order valence-corrected chi connectivity index (χ3v) is 2.44. The Labute approximate surface area is 80.1 Å². The molecular formula is C9H18N3O. The van der Waals surface area contributed by atoms with Crippen molar-refractivity contribution in [1.82, 2.24) is 14.7 Å². The Morgan fingerprint density at radius 1 is 1.38 bits per heavy atom. The lowest BCUT2D eigenvalue weighted by molar-refractivity contribution is 0.132. The van der Waals surface area contributed by atoms with Gasteiger partial charge in [0.1, 0.15) is 0 Å². The van der Waals surface area contributed by atoms with Gasteiger partial charge in [-0.15, -0.1) is 0 Å². The number of carbonyl (C=O) groups excluding carboxylic acids is 1. The second kappa shape index (κ2) is 4.46. The molecular weight excluding hydrogens is 166 g/mol. The first-order valence-electron chi connectivity index (χ1n) is 4.63. The molecule has 0 spiro atoms. The third kappa shape index (κ3) is 2.59. The molecule has 0 unspecified atom stereocenters. The second-order valence-electron chi connectivity index (χ2n) is 3.49. The van der Waals surface area contributed by atoms with Gasteiger partial charge in [-0.25, -0.2) is 4.79 Å². The maximum absolute atomic E-state index is 11.6. The van der Waals surface area contributed by atoms with Gasteiger partial charge in [-0.05, 0) is 14.0 Å². The van der Waals surface area contributed by atoms with Gasteiger partial charge in [0.2, 0.25) is 0 Å². The molecule has 1 radical (unpaired) electrons. The average Bonchev–Trinajstić information content (AvgIpc) is 2.17. The van der Waals surface area contributed by atoms with E-state index in [1.54, 1.807) is 11.9 Å². The molecule has 0 aromatic rings. The van der Waals surface area contributed by atoms with E-state index in [9.17, 15) is 4.79 Å². The van der Waals surface area contributed by atoms with E-state index < -0.39 is 0 Å². The SMILES string of the molecule is [CH2]CN(C)C(=O)N1CCN(C)CC1. The summed E-state index contributed by atoms with van der Waals surface area (Å²) >= 11 is 0. The maximum atomic E-state index is 11.6. The lowest BCUT2D eigenvalue weighted by atomic mass is 10.3. The first kappa shape index (κ1) is 10.3. The molecule has 1 rings (SSSR count). The van der Waals surface area contributed by atoms with Gasteiger partial charge < -0.3 is 14.7 Å². The van der Waals surface area contributed by atoms with E-state index in [-0.39, 0.29) is 6.03 Å². The molecule has 1 aliphatic heterocycles. The highest BCUT2D eigenvalue weighted by Crippen LogP contribution is 2.02. The summed E-state index contributed by atoms with van der Waals surface area (Å²) in [6.07, 6.45) is 0. The van der Waals surface area contributed by atoms with Gasteiger partial charge in [0.15, 0.2) is 0 Å². The highest BCUT2D eigenvalue weighted by molar-refractivity contribution is 5.74. The standard InChI is InChI=1S/C9H18N3O/c1-4-11(3)9(13)12-7-5-10(2)6-8-12/h1,4-8H2,2-3H3. The summed E-state index contributed by atoms with van der Waals surface area (Å²) in [5, 5.41) is 0. The van der Waals surface area contributed by atoms with Crippen LogP contribution in [0.1, 0.15) is 0 Å². The lowest BCUT2D eigenvalue weighted by Gasteiger charge is -2.34. The van der Waals surface area contributed by atoms with Crippen molar-refractivity contribution < 1.29 is 4.79 Å². The zero-order valence-corrected chi connectivity index (χ0v) is 8.49. The van der Waals surface area contributed by atoms with E-state index in [2.05, 4.69) is 18.9 Å². The van der Waals surface area contributed by atoms with Crippen LogP contribution in [0.25, 0.3) is 0 Å². The summed E-state index contributed by atoms with van der Waals surface area (Å²) in [5.41, 5.74) is 0. The van der Waals surface area contributed by atoms with Crippen LogP contribution in [-0.2, 0) is 0 Å². The van der Waals surface area contributed by atoms with Crippen molar-refractivity contribution in [3.63, 3.8) is 0 Å². The van der Waals surface area contributed by atoms with Crippen LogP contribution in [0.5, 0.6) is 0 Å². The molecule has 4 nitrogen and oxygen atoms in total. The molecule has 0 bridgehead atoms. The monoisotopic (exact) mass is 184 g/mol. The Balaban J connectivity index is 2.40. The lowest BCUT2D eigenvalue weighted by Crippen LogP contribution is -2.51. The molecule has 0 aromatic heterocycles. The molecule has 75 valence electrons. The van der Waals surface area contributed by atoms with E-state index in [1.165, 1.54) is 0 Å². The first-order chi connectivity index (χ1) is 6.15. The number of nitrogens with zero attached hydrogens (tertiary/aromatic N) is 3. The molecule has 0 aliphatic carbocycles. The van der Waals surface area contributed by atoms with E-state index in [4.69, 9.17) is 0 Å². The summed E-state index contributed by atoms with van der Waals surface area (Å²) in [5.74, 6) is 0. The fourth-order valence-electron chi connectivity index (χ4n) is 1.33. The third-order valence-electron chi connectivity index (χ3n) is 2.44. The first-order valence-corrected chi connectivity index (χ1v) is 4.63. The van der Waals surface area contributed by atoms with Gasteiger partial charge in [-0.2, -0.15) is 0 Å². The Morgan fingerprint density at radius 3 is 2.38 bits per heavy atom. The predicted octanol–water partition coefficient (Wildman–Crippen LogP) is 0.120. The molecule has 2 amide bonds. The van der Waals surface area contributed by atoms with Crippen molar-refractivity contribution in [1.29, 1.82) is 0 Å². The quantitative estimate of drug-likeness (QED) is 0.578. The molecule has 0 aromatic carbocycles. The van der Waals surface area contributed by atoms with Crippen molar-refractivity contribution in [2.24, 2.45) is 0 Å². The van der Waals surface area contributed by atoms with Crippen LogP contribution < -0.4 is 0 Å². The van der Waals surface area contributed by atoms with Gasteiger partial charge in [0.05, 0.1) is 0 Å². The van der Waals surface area contributed by atoms with Gasteiger partial charge in [0, 0.05) is 39.8 Å². The van der Waals surface area contributed by atoms with E-state index in [0.29, 0.717) is 6.54 Å². The maximum Gasteiger partial charge on any atom is 0.319 e. The minimum Gasteiger partial charge on any atom is -0.328 e. The summed E-state index contributed by atoms with van der Waals surface area (Å²) in [4.78, 5) is 17.4. The minimum atomic E-state index is 0.100. The molecule has 0 N–H and O–H groups in total. The Bertz CT molecular complexity index is 176. The predicted molar refractivity (Wildman–Crippen MR) is 52.5 cm³/mol. The van der Waals surface area contributed by atoms with Gasteiger partial charge in [0.25, 0.3) is 0 Å². The van der Waals surface area contributed by atoms with Crippen molar-refractivity contribution in [2.75, 3.05) is 46.8 Å².